The van der Waals surface area contributed by atoms with E-state index in [9.17, 15) is 4.79 Å². The molecule has 0 spiro atoms. The molecule has 0 radical (unpaired) electrons. The fourth-order valence-corrected chi connectivity index (χ4v) is 3.64. The monoisotopic (exact) mass is 415 g/mol. The summed E-state index contributed by atoms with van der Waals surface area (Å²) in [6, 6.07) is 13.9. The van der Waals surface area contributed by atoms with Crippen LogP contribution in [0.1, 0.15) is 21.7 Å². The highest BCUT2D eigenvalue weighted by Gasteiger charge is 2.11. The first kappa shape index (κ1) is 20.7. The minimum atomic E-state index is -0.104. The van der Waals surface area contributed by atoms with Crippen molar-refractivity contribution in [2.75, 3.05) is 20.3 Å². The predicted octanol–water partition coefficient (Wildman–Crippen LogP) is 3.42. The molecule has 158 valence electrons. The van der Waals surface area contributed by atoms with Crippen molar-refractivity contribution in [3.05, 3.63) is 78.1 Å². The molecule has 4 aromatic rings. The third-order valence-corrected chi connectivity index (χ3v) is 5.34. The Bertz CT molecular complexity index is 1200. The van der Waals surface area contributed by atoms with Crippen molar-refractivity contribution >= 4 is 16.7 Å². The van der Waals surface area contributed by atoms with E-state index >= 15 is 0 Å². The summed E-state index contributed by atoms with van der Waals surface area (Å²) < 4.78 is 7.04. The Hall–Kier alpha value is -3.58. The highest BCUT2D eigenvalue weighted by atomic mass is 16.5. The Morgan fingerprint density at radius 1 is 1.16 bits per heavy atom. The summed E-state index contributed by atoms with van der Waals surface area (Å²) in [5, 5.41) is 13.2. The van der Waals surface area contributed by atoms with Crippen LogP contribution in [-0.2, 0) is 17.7 Å². The van der Waals surface area contributed by atoms with Gasteiger partial charge in [0.2, 0.25) is 0 Å². The molecular weight excluding hydrogens is 390 g/mol. The lowest BCUT2D eigenvalue weighted by atomic mass is 9.95. The van der Waals surface area contributed by atoms with Gasteiger partial charge in [-0.15, -0.1) is 10.2 Å². The van der Waals surface area contributed by atoms with E-state index in [2.05, 4.69) is 33.5 Å². The second kappa shape index (κ2) is 9.49. The maximum atomic E-state index is 12.7. The highest BCUT2D eigenvalue weighted by Crippen LogP contribution is 2.30. The van der Waals surface area contributed by atoms with Gasteiger partial charge in [-0.1, -0.05) is 24.3 Å². The van der Waals surface area contributed by atoms with Crippen LogP contribution in [0.25, 0.3) is 21.9 Å². The zero-order valence-corrected chi connectivity index (χ0v) is 17.7. The number of rotatable bonds is 8. The number of fused-ring (bicyclic) bond motifs is 1. The normalized spacial score (nSPS) is 11.0. The fourth-order valence-electron chi connectivity index (χ4n) is 3.64. The number of aromatic nitrogens is 4. The highest BCUT2D eigenvalue weighted by molar-refractivity contribution is 6.02. The number of amides is 1. The van der Waals surface area contributed by atoms with E-state index in [1.54, 1.807) is 19.6 Å². The molecule has 2 aromatic carbocycles. The molecule has 0 unspecified atom stereocenters. The van der Waals surface area contributed by atoms with Crippen LogP contribution in [0.4, 0.5) is 0 Å². The van der Waals surface area contributed by atoms with Gasteiger partial charge in [0.05, 0.1) is 6.61 Å². The van der Waals surface area contributed by atoms with Crippen molar-refractivity contribution in [2.45, 2.75) is 19.9 Å². The predicted molar refractivity (Wildman–Crippen MR) is 120 cm³/mol. The number of hydrogen-bond acceptors (Lipinski definition) is 5. The van der Waals surface area contributed by atoms with E-state index in [4.69, 9.17) is 4.74 Å². The Morgan fingerprint density at radius 3 is 2.90 bits per heavy atom. The van der Waals surface area contributed by atoms with Crippen molar-refractivity contribution in [1.82, 2.24) is 25.1 Å². The van der Waals surface area contributed by atoms with E-state index in [0.717, 1.165) is 27.7 Å². The number of aryl methyl sites for hydroxylation is 1. The third-order valence-electron chi connectivity index (χ3n) is 5.34. The lowest BCUT2D eigenvalue weighted by molar-refractivity contribution is 0.0954. The number of nitrogens with one attached hydrogen (secondary N) is 1. The second-order valence-corrected chi connectivity index (χ2v) is 7.37. The van der Waals surface area contributed by atoms with Gasteiger partial charge in [0.15, 0.2) is 0 Å². The largest absolute Gasteiger partial charge is 0.383 e. The van der Waals surface area contributed by atoms with Crippen LogP contribution in [0.5, 0.6) is 0 Å². The zero-order valence-electron chi connectivity index (χ0n) is 17.7. The van der Waals surface area contributed by atoms with E-state index in [0.29, 0.717) is 31.7 Å². The molecule has 0 aliphatic heterocycles. The minimum Gasteiger partial charge on any atom is -0.383 e. The lowest BCUT2D eigenvalue weighted by Gasteiger charge is -2.11. The van der Waals surface area contributed by atoms with Crippen LogP contribution < -0.4 is 5.32 Å². The molecule has 2 aromatic heterocycles. The number of nitrogens with zero attached hydrogens (tertiary/aromatic N) is 4. The SMILES string of the molecule is COCCn1cnnc1CCNC(=O)c1ccc2c(-c3cnccc3C)cccc2c1. The van der Waals surface area contributed by atoms with E-state index < -0.39 is 0 Å². The van der Waals surface area contributed by atoms with Gasteiger partial charge < -0.3 is 14.6 Å². The second-order valence-electron chi connectivity index (χ2n) is 7.37. The number of methoxy groups -OCH3 is 1. The Labute approximate surface area is 181 Å². The molecule has 7 heteroatoms. The number of carbonyl (C=O) groups excluding carboxylic acids is 1. The summed E-state index contributed by atoms with van der Waals surface area (Å²) in [6.45, 7) is 3.84. The first-order chi connectivity index (χ1) is 15.2. The Balaban J connectivity index is 1.47. The average Bonchev–Trinajstić information content (AvgIpc) is 3.24. The fraction of sp³-hybridized carbons (Fsp3) is 0.250. The Kier molecular flexibility index (Phi) is 6.33. The van der Waals surface area contributed by atoms with Gasteiger partial charge >= 0.3 is 0 Å². The van der Waals surface area contributed by atoms with Gasteiger partial charge in [-0.2, -0.15) is 0 Å². The molecule has 1 N–H and O–H groups in total. The summed E-state index contributed by atoms with van der Waals surface area (Å²) in [5.74, 6) is 0.722. The van der Waals surface area contributed by atoms with Crippen LogP contribution in [0.2, 0.25) is 0 Å². The average molecular weight is 415 g/mol. The molecule has 0 fully saturated rings. The van der Waals surface area contributed by atoms with Crippen LogP contribution in [0, 0.1) is 6.92 Å². The maximum Gasteiger partial charge on any atom is 0.251 e. The van der Waals surface area contributed by atoms with Crippen molar-refractivity contribution in [1.29, 1.82) is 0 Å². The van der Waals surface area contributed by atoms with Gasteiger partial charge in [0, 0.05) is 50.1 Å². The number of benzene rings is 2. The maximum absolute atomic E-state index is 12.7. The van der Waals surface area contributed by atoms with Gasteiger partial charge in [0.1, 0.15) is 12.2 Å². The van der Waals surface area contributed by atoms with Gasteiger partial charge in [-0.25, -0.2) is 0 Å². The number of carbonyl (C=O) groups is 1. The zero-order chi connectivity index (χ0) is 21.6. The molecule has 0 bridgehead atoms. The summed E-state index contributed by atoms with van der Waals surface area (Å²) in [4.78, 5) is 17.0. The molecule has 0 atom stereocenters. The van der Waals surface area contributed by atoms with E-state index in [-0.39, 0.29) is 5.91 Å². The van der Waals surface area contributed by atoms with Crippen LogP contribution >= 0.6 is 0 Å². The van der Waals surface area contributed by atoms with Gasteiger partial charge in [0.25, 0.3) is 5.91 Å². The van der Waals surface area contributed by atoms with Crippen LogP contribution in [-0.4, -0.2) is 45.9 Å². The van der Waals surface area contributed by atoms with Crippen molar-refractivity contribution in [2.24, 2.45) is 0 Å². The standard InChI is InChI=1S/C24H25N5O2/c1-17-8-10-25-15-22(17)21-5-3-4-18-14-19(6-7-20(18)21)24(30)26-11-9-23-28-27-16-29(23)12-13-31-2/h3-8,10,14-16H,9,11-13H2,1-2H3,(H,26,30). The van der Waals surface area contributed by atoms with Crippen molar-refractivity contribution in [3.8, 4) is 11.1 Å². The Morgan fingerprint density at radius 2 is 2.06 bits per heavy atom. The molecule has 2 heterocycles. The molecule has 0 aliphatic carbocycles. The third kappa shape index (κ3) is 4.62. The van der Waals surface area contributed by atoms with Gasteiger partial charge in [-0.05, 0) is 47.0 Å². The van der Waals surface area contributed by atoms with E-state index in [1.165, 1.54) is 5.56 Å². The molecule has 0 aliphatic rings. The molecule has 31 heavy (non-hydrogen) atoms. The van der Waals surface area contributed by atoms with Crippen molar-refractivity contribution in [3.63, 3.8) is 0 Å². The first-order valence-corrected chi connectivity index (χ1v) is 10.2. The van der Waals surface area contributed by atoms with Gasteiger partial charge in [-0.3, -0.25) is 9.78 Å². The topological polar surface area (TPSA) is 81.9 Å². The molecule has 0 saturated carbocycles. The summed E-state index contributed by atoms with van der Waals surface area (Å²) in [5.41, 5.74) is 4.02. The van der Waals surface area contributed by atoms with Crippen LogP contribution in [0.15, 0.2) is 61.2 Å². The molecule has 0 saturated heterocycles. The van der Waals surface area contributed by atoms with Crippen LogP contribution in [0.3, 0.4) is 0 Å². The van der Waals surface area contributed by atoms with E-state index in [1.807, 2.05) is 47.2 Å². The smallest absolute Gasteiger partial charge is 0.251 e. The quantitative estimate of drug-likeness (QED) is 0.477. The summed E-state index contributed by atoms with van der Waals surface area (Å²) >= 11 is 0. The molecule has 7 nitrogen and oxygen atoms in total. The molecular formula is C24H25N5O2. The minimum absolute atomic E-state index is 0.104. The number of ether oxygens (including phenoxy) is 1. The molecule has 1 amide bonds. The summed E-state index contributed by atoms with van der Waals surface area (Å²) in [7, 11) is 1.66. The molecule has 4 rings (SSSR count). The summed E-state index contributed by atoms with van der Waals surface area (Å²) in [6.07, 6.45) is 5.97. The number of pyridine rings is 1. The lowest BCUT2D eigenvalue weighted by Crippen LogP contribution is -2.26. The van der Waals surface area contributed by atoms with Crippen molar-refractivity contribution < 1.29 is 9.53 Å². The first-order valence-electron chi connectivity index (χ1n) is 10.2. The number of hydrogen-bond donors (Lipinski definition) is 1.